The lowest BCUT2D eigenvalue weighted by molar-refractivity contribution is 0.0607. The molecule has 22 heavy (non-hydrogen) atoms. The molecule has 0 radical (unpaired) electrons. The minimum atomic E-state index is -0.962. The summed E-state index contributed by atoms with van der Waals surface area (Å²) in [6.07, 6.45) is 0. The molecule has 116 valence electrons. The second kappa shape index (κ2) is 6.41. The number of benzene rings is 1. The number of thiophene rings is 1. The highest BCUT2D eigenvalue weighted by molar-refractivity contribution is 7.12. The maximum atomic E-state index is 13.7. The van der Waals surface area contributed by atoms with Crippen molar-refractivity contribution in [1.29, 1.82) is 0 Å². The maximum Gasteiger partial charge on any atom is 0.350 e. The highest BCUT2D eigenvalue weighted by Crippen LogP contribution is 2.29. The largest absolute Gasteiger partial charge is 0.465 e. The van der Waals surface area contributed by atoms with Crippen molar-refractivity contribution in [2.24, 2.45) is 0 Å². The SMILES string of the molecule is COC(=O)c1scc(C)c1NC(=O)c1cc(F)c(Cl)cc1F. The van der Waals surface area contributed by atoms with Crippen molar-refractivity contribution in [3.05, 3.63) is 50.2 Å². The first-order valence-electron chi connectivity index (χ1n) is 5.97. The molecule has 0 saturated carbocycles. The smallest absolute Gasteiger partial charge is 0.350 e. The minimum absolute atomic E-state index is 0.170. The molecule has 2 aromatic rings. The first-order valence-corrected chi connectivity index (χ1v) is 7.23. The molecule has 2 rings (SSSR count). The lowest BCUT2D eigenvalue weighted by atomic mass is 10.1. The monoisotopic (exact) mass is 345 g/mol. The Morgan fingerprint density at radius 2 is 1.95 bits per heavy atom. The van der Waals surface area contributed by atoms with Crippen molar-refractivity contribution in [2.75, 3.05) is 12.4 Å². The zero-order chi connectivity index (χ0) is 16.4. The minimum Gasteiger partial charge on any atom is -0.465 e. The average molecular weight is 346 g/mol. The van der Waals surface area contributed by atoms with Gasteiger partial charge >= 0.3 is 5.97 Å². The van der Waals surface area contributed by atoms with Crippen molar-refractivity contribution < 1.29 is 23.1 Å². The van der Waals surface area contributed by atoms with E-state index in [0.717, 1.165) is 11.3 Å². The van der Waals surface area contributed by atoms with Gasteiger partial charge in [-0.2, -0.15) is 0 Å². The van der Waals surface area contributed by atoms with Crippen LogP contribution in [0.4, 0.5) is 14.5 Å². The van der Waals surface area contributed by atoms with Crippen LogP contribution in [0.1, 0.15) is 25.6 Å². The van der Waals surface area contributed by atoms with Gasteiger partial charge in [0.05, 0.1) is 23.4 Å². The van der Waals surface area contributed by atoms with Gasteiger partial charge in [0, 0.05) is 0 Å². The van der Waals surface area contributed by atoms with E-state index in [4.69, 9.17) is 11.6 Å². The Morgan fingerprint density at radius 3 is 2.59 bits per heavy atom. The molecule has 0 saturated heterocycles. The summed E-state index contributed by atoms with van der Waals surface area (Å²) in [5.74, 6) is -3.39. The summed E-state index contributed by atoms with van der Waals surface area (Å²) in [7, 11) is 1.21. The van der Waals surface area contributed by atoms with Gasteiger partial charge in [-0.25, -0.2) is 13.6 Å². The molecule has 0 fully saturated rings. The van der Waals surface area contributed by atoms with Gasteiger partial charge in [-0.3, -0.25) is 4.79 Å². The second-order valence-electron chi connectivity index (χ2n) is 4.31. The van der Waals surface area contributed by atoms with Gasteiger partial charge in [-0.15, -0.1) is 11.3 Å². The number of nitrogens with one attached hydrogen (secondary N) is 1. The molecule has 0 atom stereocenters. The van der Waals surface area contributed by atoms with Crippen molar-refractivity contribution in [1.82, 2.24) is 0 Å². The Morgan fingerprint density at radius 1 is 1.27 bits per heavy atom. The van der Waals surface area contributed by atoms with E-state index in [-0.39, 0.29) is 10.6 Å². The number of carbonyl (C=O) groups excluding carboxylic acids is 2. The van der Waals surface area contributed by atoms with Crippen molar-refractivity contribution >= 4 is 40.5 Å². The molecular weight excluding hydrogens is 336 g/mol. The Balaban J connectivity index is 2.36. The normalized spacial score (nSPS) is 10.4. The maximum absolute atomic E-state index is 13.7. The van der Waals surface area contributed by atoms with Gasteiger partial charge < -0.3 is 10.1 Å². The predicted octanol–water partition coefficient (Wildman–Crippen LogP) is 4.03. The summed E-state index contributed by atoms with van der Waals surface area (Å²) >= 11 is 6.52. The van der Waals surface area contributed by atoms with E-state index in [0.29, 0.717) is 17.7 Å². The van der Waals surface area contributed by atoms with Gasteiger partial charge in [0.2, 0.25) is 0 Å². The molecule has 0 bridgehead atoms. The standard InChI is InChI=1S/C14H10ClF2NO3S/c1-6-5-22-12(14(20)21-2)11(6)18-13(19)7-3-10(17)8(15)4-9(7)16/h3-5H,1-2H3,(H,18,19). The number of carbonyl (C=O) groups is 2. The highest BCUT2D eigenvalue weighted by Gasteiger charge is 2.21. The number of aryl methyl sites for hydroxylation is 1. The van der Waals surface area contributed by atoms with Gasteiger partial charge in [0.15, 0.2) is 0 Å². The number of ether oxygens (including phenoxy) is 1. The average Bonchev–Trinajstić information content (AvgIpc) is 2.83. The van der Waals surface area contributed by atoms with Crippen LogP contribution in [-0.4, -0.2) is 19.0 Å². The lowest BCUT2D eigenvalue weighted by Crippen LogP contribution is -2.16. The van der Waals surface area contributed by atoms with Crippen molar-refractivity contribution in [2.45, 2.75) is 6.92 Å². The zero-order valence-corrected chi connectivity index (χ0v) is 13.1. The van der Waals surface area contributed by atoms with Crippen LogP contribution in [0.2, 0.25) is 5.02 Å². The third-order valence-corrected chi connectivity index (χ3v) is 4.21. The fourth-order valence-corrected chi connectivity index (χ4v) is 2.79. The number of hydrogen-bond acceptors (Lipinski definition) is 4. The zero-order valence-electron chi connectivity index (χ0n) is 11.5. The number of esters is 1. The number of methoxy groups -OCH3 is 1. The topological polar surface area (TPSA) is 55.4 Å². The van der Waals surface area contributed by atoms with Crippen molar-refractivity contribution in [3.8, 4) is 0 Å². The molecule has 1 aromatic heterocycles. The van der Waals surface area contributed by atoms with Crippen LogP contribution in [0.25, 0.3) is 0 Å². The molecule has 0 aliphatic heterocycles. The summed E-state index contributed by atoms with van der Waals surface area (Å²) in [5.41, 5.74) is 0.300. The summed E-state index contributed by atoms with van der Waals surface area (Å²) in [6, 6.07) is 1.42. The number of rotatable bonds is 3. The van der Waals surface area contributed by atoms with Gasteiger partial charge in [-0.1, -0.05) is 11.6 Å². The first-order chi connectivity index (χ1) is 10.3. The van der Waals surface area contributed by atoms with Crippen LogP contribution in [0.5, 0.6) is 0 Å². The molecule has 1 amide bonds. The van der Waals surface area contributed by atoms with Crippen molar-refractivity contribution in [3.63, 3.8) is 0 Å². The Hall–Kier alpha value is -1.99. The Kier molecular flexibility index (Phi) is 4.77. The first kappa shape index (κ1) is 16.4. The van der Waals surface area contributed by atoms with E-state index in [1.807, 2.05) is 0 Å². The molecule has 1 heterocycles. The van der Waals surface area contributed by atoms with Crippen LogP contribution in [0.15, 0.2) is 17.5 Å². The number of amides is 1. The van der Waals surface area contributed by atoms with Crippen LogP contribution in [-0.2, 0) is 4.74 Å². The van der Waals surface area contributed by atoms with Crippen LogP contribution >= 0.6 is 22.9 Å². The molecule has 1 N–H and O–H groups in total. The van der Waals surface area contributed by atoms with Crippen LogP contribution in [0.3, 0.4) is 0 Å². The van der Waals surface area contributed by atoms with E-state index < -0.39 is 34.1 Å². The van der Waals surface area contributed by atoms with E-state index in [1.165, 1.54) is 7.11 Å². The van der Waals surface area contributed by atoms with E-state index in [9.17, 15) is 18.4 Å². The molecule has 0 spiro atoms. The fourth-order valence-electron chi connectivity index (χ4n) is 1.72. The summed E-state index contributed by atoms with van der Waals surface area (Å²) in [4.78, 5) is 23.9. The Bertz CT molecular complexity index is 761. The third-order valence-electron chi connectivity index (χ3n) is 2.84. The Labute approximate surface area is 133 Å². The lowest BCUT2D eigenvalue weighted by Gasteiger charge is -2.08. The van der Waals surface area contributed by atoms with E-state index in [1.54, 1.807) is 12.3 Å². The summed E-state index contributed by atoms with van der Waals surface area (Å²) in [5, 5.41) is 3.62. The number of halogens is 3. The fraction of sp³-hybridized carbons (Fsp3) is 0.143. The molecule has 1 aromatic carbocycles. The molecular formula is C14H10ClF2NO3S. The number of anilines is 1. The van der Waals surface area contributed by atoms with Crippen LogP contribution < -0.4 is 5.32 Å². The van der Waals surface area contributed by atoms with Crippen LogP contribution in [0, 0.1) is 18.6 Å². The van der Waals surface area contributed by atoms with Gasteiger partial charge in [0.25, 0.3) is 5.91 Å². The molecule has 0 aliphatic carbocycles. The van der Waals surface area contributed by atoms with E-state index >= 15 is 0 Å². The molecule has 0 aliphatic rings. The second-order valence-corrected chi connectivity index (χ2v) is 5.60. The summed E-state index contributed by atoms with van der Waals surface area (Å²) in [6.45, 7) is 1.66. The van der Waals surface area contributed by atoms with Gasteiger partial charge in [0.1, 0.15) is 16.5 Å². The third kappa shape index (κ3) is 3.10. The van der Waals surface area contributed by atoms with E-state index in [2.05, 4.69) is 10.1 Å². The molecule has 8 heteroatoms. The van der Waals surface area contributed by atoms with Gasteiger partial charge in [-0.05, 0) is 30.0 Å². The quantitative estimate of drug-likeness (QED) is 0.675. The summed E-state index contributed by atoms with van der Waals surface area (Å²) < 4.78 is 31.7. The predicted molar refractivity (Wildman–Crippen MR) is 79.7 cm³/mol. The highest BCUT2D eigenvalue weighted by atomic mass is 35.5. The molecule has 0 unspecified atom stereocenters. The molecule has 4 nitrogen and oxygen atoms in total. The number of hydrogen-bond donors (Lipinski definition) is 1.